The van der Waals surface area contributed by atoms with Gasteiger partial charge in [-0.15, -0.1) is 0 Å². The molecule has 0 aliphatic heterocycles. The normalized spacial score (nSPS) is 11.6. The Hall–Kier alpha value is -5.23. The summed E-state index contributed by atoms with van der Waals surface area (Å²) in [6.07, 6.45) is 3.82. The molecule has 6 aromatic rings. The number of aromatic nitrogens is 5. The van der Waals surface area contributed by atoms with Crippen molar-refractivity contribution >= 4 is 11.6 Å². The van der Waals surface area contributed by atoms with E-state index in [1.54, 1.807) is 49.6 Å². The maximum absolute atomic E-state index is 14.1. The molecule has 0 amide bonds. The summed E-state index contributed by atoms with van der Waals surface area (Å²) < 4.78 is 52.2. The fourth-order valence-electron chi connectivity index (χ4n) is 4.60. The van der Waals surface area contributed by atoms with Crippen LogP contribution in [0.1, 0.15) is 46.7 Å². The van der Waals surface area contributed by atoms with E-state index < -0.39 is 23.2 Å². The van der Waals surface area contributed by atoms with E-state index >= 15 is 0 Å². The molecule has 3 heterocycles. The molecule has 0 fully saturated rings. The van der Waals surface area contributed by atoms with Crippen LogP contribution in [0.3, 0.4) is 0 Å². The molecular weight excluding hydrogens is 611 g/mol. The van der Waals surface area contributed by atoms with E-state index in [2.05, 4.69) is 15.3 Å². The molecule has 6 rings (SSSR count). The average Bonchev–Trinajstić information content (AvgIpc) is 3.57. The van der Waals surface area contributed by atoms with Crippen LogP contribution in [-0.2, 0) is 19.5 Å². The largest absolute Gasteiger partial charge is 0.441 e. The number of rotatable bonds is 8. The van der Waals surface area contributed by atoms with Gasteiger partial charge in [-0.05, 0) is 65.2 Å². The molecule has 0 spiro atoms. The van der Waals surface area contributed by atoms with Gasteiger partial charge in [0.25, 0.3) is 0 Å². The molecule has 0 saturated carbocycles. The Bertz CT molecular complexity index is 1970. The summed E-state index contributed by atoms with van der Waals surface area (Å²) in [6, 6.07) is 19.7. The molecule has 0 bridgehead atoms. The van der Waals surface area contributed by atoms with Crippen LogP contribution in [0.5, 0.6) is 0 Å². The monoisotopic (exact) mass is 635 g/mol. The Morgan fingerprint density at radius 3 is 1.89 bits per heavy atom. The van der Waals surface area contributed by atoms with E-state index in [-0.39, 0.29) is 34.6 Å². The summed E-state index contributed by atoms with van der Waals surface area (Å²) in [5, 5.41) is 7.81. The summed E-state index contributed by atoms with van der Waals surface area (Å²) in [5.41, 5.74) is 2.71. The predicted molar refractivity (Wildman–Crippen MR) is 158 cm³/mol. The molecule has 0 N–H and O–H groups in total. The third kappa shape index (κ3) is 7.65. The van der Waals surface area contributed by atoms with Crippen LogP contribution in [-0.4, -0.2) is 24.4 Å². The van der Waals surface area contributed by atoms with Crippen LogP contribution in [0.4, 0.5) is 13.2 Å². The highest BCUT2D eigenvalue weighted by atomic mass is 35.5. The van der Waals surface area contributed by atoms with Crippen molar-refractivity contribution in [2.24, 2.45) is 0 Å². The van der Waals surface area contributed by atoms with Gasteiger partial charge in [-0.3, -0.25) is 23.2 Å². The Balaban J connectivity index is 0.000000179. The molecule has 0 saturated heterocycles. The molecule has 0 radical (unpaired) electrons. The molecule has 1 atom stereocenters. The molecule has 1 unspecified atom stereocenters. The zero-order valence-electron chi connectivity index (χ0n) is 23.7. The molecular formula is C32H25ClF3N5O4. The van der Waals surface area contributed by atoms with E-state index in [0.717, 1.165) is 11.1 Å². The summed E-state index contributed by atoms with van der Waals surface area (Å²) >= 11 is 6.08. The molecule has 45 heavy (non-hydrogen) atoms. The number of nitrogens with zero attached hydrogens (tertiary/aromatic N) is 5. The van der Waals surface area contributed by atoms with E-state index in [1.165, 1.54) is 45.5 Å². The van der Waals surface area contributed by atoms with E-state index in [4.69, 9.17) is 20.6 Å². The molecule has 0 aliphatic carbocycles. The lowest BCUT2D eigenvalue weighted by molar-refractivity contribution is 0.373. The van der Waals surface area contributed by atoms with Crippen molar-refractivity contribution in [2.75, 3.05) is 0 Å². The summed E-state index contributed by atoms with van der Waals surface area (Å²) in [4.78, 5) is 27.6. The maximum Gasteiger partial charge on any atom is 0.441 e. The second-order valence-electron chi connectivity index (χ2n) is 9.99. The first-order valence-electron chi connectivity index (χ1n) is 13.6. The number of benzene rings is 3. The van der Waals surface area contributed by atoms with Crippen LogP contribution in [0, 0.1) is 17.5 Å². The van der Waals surface area contributed by atoms with Crippen molar-refractivity contribution in [3.8, 4) is 0 Å². The smallest absolute Gasteiger partial charge is 0.296 e. The zero-order valence-corrected chi connectivity index (χ0v) is 24.5. The van der Waals surface area contributed by atoms with Crippen LogP contribution in [0.25, 0.3) is 0 Å². The molecule has 9 nitrogen and oxygen atoms in total. The first kappa shape index (κ1) is 31.2. The van der Waals surface area contributed by atoms with Gasteiger partial charge in [0, 0.05) is 35.3 Å². The third-order valence-electron chi connectivity index (χ3n) is 6.91. The van der Waals surface area contributed by atoms with Crippen LogP contribution < -0.4 is 11.5 Å². The lowest BCUT2D eigenvalue weighted by Gasteiger charge is -2.14. The van der Waals surface area contributed by atoms with Gasteiger partial charge in [0.1, 0.15) is 17.5 Å². The fraction of sp³-hybridized carbons (Fsp3) is 0.156. The highest BCUT2D eigenvalue weighted by Gasteiger charge is 2.24. The summed E-state index contributed by atoms with van der Waals surface area (Å²) in [5.74, 6) is -2.19. The Morgan fingerprint density at radius 1 is 0.733 bits per heavy atom. The highest BCUT2D eigenvalue weighted by Crippen LogP contribution is 2.31. The molecule has 3 aromatic heterocycles. The number of hydrogen-bond donors (Lipinski definition) is 0. The van der Waals surface area contributed by atoms with Gasteiger partial charge in [0.2, 0.25) is 0 Å². The highest BCUT2D eigenvalue weighted by molar-refractivity contribution is 6.31. The van der Waals surface area contributed by atoms with Crippen molar-refractivity contribution < 1.29 is 22.2 Å². The molecule has 3 aromatic carbocycles. The van der Waals surface area contributed by atoms with Gasteiger partial charge in [-0.2, -0.15) is 0 Å². The molecule has 13 heteroatoms. The van der Waals surface area contributed by atoms with Crippen molar-refractivity contribution in [1.82, 2.24) is 24.4 Å². The van der Waals surface area contributed by atoms with Crippen molar-refractivity contribution in [3.05, 3.63) is 169 Å². The predicted octanol–water partition coefficient (Wildman–Crippen LogP) is 5.98. The minimum Gasteiger partial charge on any atom is -0.296 e. The van der Waals surface area contributed by atoms with Gasteiger partial charge in [-0.25, -0.2) is 22.8 Å². The first-order chi connectivity index (χ1) is 21.7. The second kappa shape index (κ2) is 14.0. The SMILES string of the molecule is CC(c1c(F)cccc1Cl)c1noc(=O)n1Cc1ccc(F)cc1.O=c1onc(Cc2ccncc2)n1Cc1ccc(F)cc1. The van der Waals surface area contributed by atoms with Crippen molar-refractivity contribution in [1.29, 1.82) is 0 Å². The van der Waals surface area contributed by atoms with E-state index in [9.17, 15) is 22.8 Å². The van der Waals surface area contributed by atoms with Crippen LogP contribution >= 0.6 is 11.6 Å². The zero-order chi connectivity index (χ0) is 31.9. The Morgan fingerprint density at radius 2 is 1.29 bits per heavy atom. The van der Waals surface area contributed by atoms with E-state index in [1.807, 2.05) is 12.1 Å². The van der Waals surface area contributed by atoms with Gasteiger partial charge in [0.05, 0.1) is 13.1 Å². The average molecular weight is 636 g/mol. The van der Waals surface area contributed by atoms with Gasteiger partial charge >= 0.3 is 11.5 Å². The molecule has 0 aliphatic rings. The number of halogens is 4. The topological polar surface area (TPSA) is 109 Å². The fourth-order valence-corrected chi connectivity index (χ4v) is 4.92. The number of hydrogen-bond acceptors (Lipinski definition) is 7. The summed E-state index contributed by atoms with van der Waals surface area (Å²) in [6.45, 7) is 2.11. The lowest BCUT2D eigenvalue weighted by atomic mass is 9.99. The quantitative estimate of drug-likeness (QED) is 0.202. The van der Waals surface area contributed by atoms with Gasteiger partial charge < -0.3 is 0 Å². The number of pyridine rings is 1. The van der Waals surface area contributed by atoms with Crippen LogP contribution in [0.2, 0.25) is 5.02 Å². The van der Waals surface area contributed by atoms with Gasteiger partial charge in [-0.1, -0.05) is 59.2 Å². The minimum atomic E-state index is -0.673. The van der Waals surface area contributed by atoms with Crippen LogP contribution in [0.15, 0.2) is 110 Å². The summed E-state index contributed by atoms with van der Waals surface area (Å²) in [7, 11) is 0. The lowest BCUT2D eigenvalue weighted by Crippen LogP contribution is -2.20. The van der Waals surface area contributed by atoms with Crippen molar-refractivity contribution in [2.45, 2.75) is 32.4 Å². The standard InChI is InChI=1S/C17H13ClF2N2O2.C15H12FN3O2/c1-10(15-13(18)3-2-4-14(15)20)16-21-24-17(23)22(16)9-11-5-7-12(19)8-6-11;16-13-3-1-12(2-4-13)10-19-14(18-21-15(19)20)9-11-5-7-17-8-6-11/h2-8,10H,9H2,1H3;1-8H,9-10H2. The Labute approximate surface area is 259 Å². The van der Waals surface area contributed by atoms with E-state index in [0.29, 0.717) is 24.4 Å². The first-order valence-corrected chi connectivity index (χ1v) is 14.0. The minimum absolute atomic E-state index is 0.133. The maximum atomic E-state index is 14.1. The molecule has 230 valence electrons. The van der Waals surface area contributed by atoms with Crippen molar-refractivity contribution in [3.63, 3.8) is 0 Å². The third-order valence-corrected chi connectivity index (χ3v) is 7.24. The Kier molecular flexibility index (Phi) is 9.73. The second-order valence-corrected chi connectivity index (χ2v) is 10.4. The van der Waals surface area contributed by atoms with Gasteiger partial charge in [0.15, 0.2) is 11.6 Å².